The number of anilines is 1. The van der Waals surface area contributed by atoms with E-state index in [1.165, 1.54) is 18.0 Å². The minimum Gasteiger partial charge on any atom is -0.464 e. The van der Waals surface area contributed by atoms with Gasteiger partial charge in [-0.15, -0.1) is 0 Å². The van der Waals surface area contributed by atoms with E-state index in [1.54, 1.807) is 0 Å². The molecule has 0 atom stereocenters. The van der Waals surface area contributed by atoms with E-state index in [4.69, 9.17) is 5.73 Å². The van der Waals surface area contributed by atoms with Crippen LogP contribution in [0.1, 0.15) is 23.3 Å². The van der Waals surface area contributed by atoms with Crippen LogP contribution in [0.15, 0.2) is 6.33 Å². The number of aromatic nitrogens is 2. The van der Waals surface area contributed by atoms with Gasteiger partial charge in [0.05, 0.1) is 13.4 Å². The van der Waals surface area contributed by atoms with Gasteiger partial charge in [-0.2, -0.15) is 0 Å². The monoisotopic (exact) mass is 238 g/mol. The van der Waals surface area contributed by atoms with Crippen LogP contribution in [0.25, 0.3) is 0 Å². The minimum atomic E-state index is -0.608. The summed E-state index contributed by atoms with van der Waals surface area (Å²) < 4.78 is 5.94. The number of rotatable bonds is 4. The Morgan fingerprint density at radius 2 is 2.35 bits per heavy atom. The first-order chi connectivity index (χ1) is 8.11. The number of ether oxygens (including phenoxy) is 1. The van der Waals surface area contributed by atoms with Crippen molar-refractivity contribution < 1.29 is 14.3 Å². The number of imidazole rings is 1. The number of amides is 1. The second-order valence-corrected chi connectivity index (χ2v) is 3.94. The fourth-order valence-electron chi connectivity index (χ4n) is 1.43. The first-order valence-electron chi connectivity index (χ1n) is 5.30. The number of esters is 1. The number of hydrogen-bond donors (Lipinski definition) is 2. The maximum atomic E-state index is 11.5. The highest BCUT2D eigenvalue weighted by Crippen LogP contribution is 2.18. The van der Waals surface area contributed by atoms with Crippen LogP contribution in [-0.4, -0.2) is 34.6 Å². The molecule has 0 saturated heterocycles. The van der Waals surface area contributed by atoms with Crippen molar-refractivity contribution in [2.45, 2.75) is 25.4 Å². The smallest absolute Gasteiger partial charge is 0.360 e. The third kappa shape index (κ3) is 2.55. The molecule has 1 aliphatic carbocycles. The highest BCUT2D eigenvalue weighted by Gasteiger charge is 2.24. The lowest BCUT2D eigenvalue weighted by molar-refractivity contribution is -0.121. The summed E-state index contributed by atoms with van der Waals surface area (Å²) in [5.41, 5.74) is 5.73. The normalized spacial score (nSPS) is 14.4. The molecule has 1 saturated carbocycles. The van der Waals surface area contributed by atoms with Crippen LogP contribution in [0.2, 0.25) is 0 Å². The Morgan fingerprint density at radius 3 is 2.94 bits per heavy atom. The van der Waals surface area contributed by atoms with Crippen molar-refractivity contribution in [1.82, 2.24) is 14.9 Å². The molecular weight excluding hydrogens is 224 g/mol. The van der Waals surface area contributed by atoms with Gasteiger partial charge in [0, 0.05) is 6.04 Å². The zero-order valence-corrected chi connectivity index (χ0v) is 9.47. The molecule has 0 aliphatic heterocycles. The van der Waals surface area contributed by atoms with Gasteiger partial charge in [-0.3, -0.25) is 4.79 Å². The van der Waals surface area contributed by atoms with Gasteiger partial charge in [0.2, 0.25) is 5.91 Å². The Morgan fingerprint density at radius 1 is 1.65 bits per heavy atom. The van der Waals surface area contributed by atoms with Gasteiger partial charge >= 0.3 is 5.97 Å². The van der Waals surface area contributed by atoms with E-state index < -0.39 is 5.97 Å². The molecule has 3 N–H and O–H groups in total. The molecule has 7 nitrogen and oxygen atoms in total. The molecule has 1 heterocycles. The van der Waals surface area contributed by atoms with Gasteiger partial charge in [0.25, 0.3) is 0 Å². The standard InChI is InChI=1S/C10H14N4O3/c1-17-10(16)8-9(11)14(5-12-8)4-7(15)13-6-2-3-6/h5-6H,2-4,11H2,1H3,(H,13,15). The number of nitrogens with two attached hydrogens (primary N) is 1. The average Bonchev–Trinajstić information content (AvgIpc) is 3.04. The number of nitrogens with zero attached hydrogens (tertiary/aromatic N) is 2. The van der Waals surface area contributed by atoms with Crippen LogP contribution >= 0.6 is 0 Å². The Bertz CT molecular complexity index is 450. The van der Waals surface area contributed by atoms with Crippen LogP contribution in [0.5, 0.6) is 0 Å². The molecule has 92 valence electrons. The highest BCUT2D eigenvalue weighted by molar-refractivity contribution is 5.92. The first kappa shape index (κ1) is 11.4. The number of nitrogen functional groups attached to an aromatic ring is 1. The third-order valence-electron chi connectivity index (χ3n) is 2.51. The first-order valence-corrected chi connectivity index (χ1v) is 5.30. The topological polar surface area (TPSA) is 99.2 Å². The van der Waals surface area contributed by atoms with Gasteiger partial charge in [-0.1, -0.05) is 0 Å². The lowest BCUT2D eigenvalue weighted by Crippen LogP contribution is -2.29. The molecule has 0 bridgehead atoms. The van der Waals surface area contributed by atoms with Crippen LogP contribution in [0, 0.1) is 0 Å². The van der Waals surface area contributed by atoms with Crippen molar-refractivity contribution in [3.05, 3.63) is 12.0 Å². The largest absolute Gasteiger partial charge is 0.464 e. The summed E-state index contributed by atoms with van der Waals surface area (Å²) in [5, 5.41) is 2.82. The van der Waals surface area contributed by atoms with Crippen LogP contribution < -0.4 is 11.1 Å². The molecule has 0 unspecified atom stereocenters. The second-order valence-electron chi connectivity index (χ2n) is 3.94. The Labute approximate surface area is 97.9 Å². The van der Waals surface area contributed by atoms with E-state index in [-0.39, 0.29) is 24.0 Å². The summed E-state index contributed by atoms with van der Waals surface area (Å²) in [4.78, 5) is 26.6. The predicted octanol–water partition coefficient (Wildman–Crippen LogP) is -0.469. The summed E-state index contributed by atoms with van der Waals surface area (Å²) in [5.74, 6) is -0.598. The summed E-state index contributed by atoms with van der Waals surface area (Å²) in [6, 6.07) is 0.298. The summed E-state index contributed by atoms with van der Waals surface area (Å²) in [7, 11) is 1.25. The van der Waals surface area contributed by atoms with E-state index in [9.17, 15) is 9.59 Å². The van der Waals surface area contributed by atoms with Crippen molar-refractivity contribution in [3.63, 3.8) is 0 Å². The lowest BCUT2D eigenvalue weighted by atomic mass is 10.4. The summed E-state index contributed by atoms with van der Waals surface area (Å²) in [6.07, 6.45) is 3.41. The number of carbonyl (C=O) groups is 2. The quantitative estimate of drug-likeness (QED) is 0.691. The van der Waals surface area contributed by atoms with E-state index in [0.717, 1.165) is 12.8 Å². The zero-order chi connectivity index (χ0) is 12.4. The van der Waals surface area contributed by atoms with Crippen molar-refractivity contribution in [1.29, 1.82) is 0 Å². The Balaban J connectivity index is 2.03. The number of hydrogen-bond acceptors (Lipinski definition) is 5. The van der Waals surface area contributed by atoms with Crippen molar-refractivity contribution in [2.24, 2.45) is 0 Å². The molecule has 2 rings (SSSR count). The number of carbonyl (C=O) groups excluding carboxylic acids is 2. The molecule has 1 aromatic rings. The van der Waals surface area contributed by atoms with E-state index >= 15 is 0 Å². The second kappa shape index (κ2) is 4.44. The number of methoxy groups -OCH3 is 1. The maximum Gasteiger partial charge on any atom is 0.360 e. The van der Waals surface area contributed by atoms with Crippen LogP contribution in [0.3, 0.4) is 0 Å². The molecule has 7 heteroatoms. The maximum absolute atomic E-state index is 11.5. The van der Waals surface area contributed by atoms with Gasteiger partial charge in [0.15, 0.2) is 5.69 Å². The van der Waals surface area contributed by atoms with Crippen molar-refractivity contribution in [3.8, 4) is 0 Å². The molecule has 17 heavy (non-hydrogen) atoms. The van der Waals surface area contributed by atoms with E-state index in [1.807, 2.05) is 0 Å². The highest BCUT2D eigenvalue weighted by atomic mass is 16.5. The zero-order valence-electron chi connectivity index (χ0n) is 9.47. The fourth-order valence-corrected chi connectivity index (χ4v) is 1.43. The van der Waals surface area contributed by atoms with Crippen LogP contribution in [-0.2, 0) is 16.1 Å². The fraction of sp³-hybridized carbons (Fsp3) is 0.500. The van der Waals surface area contributed by atoms with Gasteiger partial charge < -0.3 is 20.4 Å². The predicted molar refractivity (Wildman–Crippen MR) is 59.1 cm³/mol. The summed E-state index contributed by atoms with van der Waals surface area (Å²) in [6.45, 7) is 0.0618. The summed E-state index contributed by atoms with van der Waals surface area (Å²) >= 11 is 0. The van der Waals surface area contributed by atoms with Gasteiger partial charge in [0.1, 0.15) is 12.4 Å². The molecule has 0 aromatic carbocycles. The van der Waals surface area contributed by atoms with Crippen molar-refractivity contribution >= 4 is 17.7 Å². The SMILES string of the molecule is COC(=O)c1ncn(CC(=O)NC2CC2)c1N. The third-order valence-corrected chi connectivity index (χ3v) is 2.51. The van der Waals surface area contributed by atoms with E-state index in [0.29, 0.717) is 6.04 Å². The van der Waals surface area contributed by atoms with Gasteiger partial charge in [-0.05, 0) is 12.8 Å². The molecule has 0 spiro atoms. The number of nitrogens with one attached hydrogen (secondary N) is 1. The molecule has 0 radical (unpaired) electrons. The molecule has 1 aromatic heterocycles. The minimum absolute atomic E-state index is 0.0340. The van der Waals surface area contributed by atoms with E-state index in [2.05, 4.69) is 15.0 Å². The van der Waals surface area contributed by atoms with Crippen molar-refractivity contribution in [2.75, 3.05) is 12.8 Å². The van der Waals surface area contributed by atoms with Gasteiger partial charge in [-0.25, -0.2) is 9.78 Å². The average molecular weight is 238 g/mol. The molecule has 1 amide bonds. The molecular formula is C10H14N4O3. The molecule has 1 aliphatic rings. The lowest BCUT2D eigenvalue weighted by Gasteiger charge is -2.05. The Kier molecular flexibility index (Phi) is 2.99. The van der Waals surface area contributed by atoms with Crippen LogP contribution in [0.4, 0.5) is 5.82 Å². The Hall–Kier alpha value is -2.05. The molecule has 1 fully saturated rings.